The molecule has 0 amide bonds. The quantitative estimate of drug-likeness (QED) is 0.599. The normalized spacial score (nSPS) is 22.0. The lowest BCUT2D eigenvalue weighted by Crippen LogP contribution is -2.50. The molecule has 0 aromatic heterocycles. The number of hydrogen-bond acceptors (Lipinski definition) is 3. The highest BCUT2D eigenvalue weighted by molar-refractivity contribution is 6.37. The Morgan fingerprint density at radius 2 is 1.79 bits per heavy atom. The summed E-state index contributed by atoms with van der Waals surface area (Å²) in [6, 6.07) is 7.39. The van der Waals surface area contributed by atoms with Gasteiger partial charge >= 0.3 is 12.1 Å². The number of carboxylic acid groups (broad SMARTS) is 1. The van der Waals surface area contributed by atoms with Gasteiger partial charge in [0.2, 0.25) is 0 Å². The van der Waals surface area contributed by atoms with Crippen LogP contribution in [0.5, 0.6) is 0 Å². The second-order valence-corrected chi connectivity index (χ2v) is 7.47. The summed E-state index contributed by atoms with van der Waals surface area (Å²) in [5.41, 5.74) is -3.02. The lowest BCUT2D eigenvalue weighted by Gasteiger charge is -2.32. The van der Waals surface area contributed by atoms with E-state index in [4.69, 9.17) is 44.7 Å². The zero-order valence-electron chi connectivity index (χ0n) is 14.0. The van der Waals surface area contributed by atoms with E-state index in [1.54, 1.807) is 0 Å². The van der Waals surface area contributed by atoms with Crippen LogP contribution < -0.4 is 0 Å². The molecular weight excluding hydrogens is 442 g/mol. The number of aromatic carboxylic acids is 1. The SMILES string of the molecule is Cc1cc(C2=NOC(c3cc(Cl)cc(Cl)c3)(C(F)(F)F)C2Cl)ccc1C(=O)O. The summed E-state index contributed by atoms with van der Waals surface area (Å²) in [4.78, 5) is 16.0. The van der Waals surface area contributed by atoms with E-state index in [1.165, 1.54) is 31.2 Å². The third-order valence-corrected chi connectivity index (χ3v) is 5.30. The summed E-state index contributed by atoms with van der Waals surface area (Å²) in [6.07, 6.45) is -4.95. The van der Waals surface area contributed by atoms with Crippen molar-refractivity contribution in [2.75, 3.05) is 0 Å². The predicted octanol–water partition coefficient (Wildman–Crippen LogP) is 5.80. The Morgan fingerprint density at radius 3 is 2.29 bits per heavy atom. The van der Waals surface area contributed by atoms with E-state index < -0.39 is 28.7 Å². The number of aryl methyl sites for hydroxylation is 1. The Morgan fingerprint density at radius 1 is 1.18 bits per heavy atom. The largest absolute Gasteiger partial charge is 0.478 e. The van der Waals surface area contributed by atoms with Gasteiger partial charge in [-0.1, -0.05) is 34.4 Å². The summed E-state index contributed by atoms with van der Waals surface area (Å²) in [5.74, 6) is -1.16. The first-order chi connectivity index (χ1) is 13.0. The van der Waals surface area contributed by atoms with Gasteiger partial charge in [0, 0.05) is 21.2 Å². The second kappa shape index (κ2) is 7.13. The van der Waals surface area contributed by atoms with Gasteiger partial charge in [-0.3, -0.25) is 0 Å². The Balaban J connectivity index is 2.11. The number of benzene rings is 2. The fourth-order valence-electron chi connectivity index (χ4n) is 2.99. The fourth-order valence-corrected chi connectivity index (χ4v) is 3.98. The van der Waals surface area contributed by atoms with E-state index in [0.717, 1.165) is 12.1 Å². The van der Waals surface area contributed by atoms with E-state index in [9.17, 15) is 18.0 Å². The van der Waals surface area contributed by atoms with Crippen LogP contribution >= 0.6 is 34.8 Å². The summed E-state index contributed by atoms with van der Waals surface area (Å²) in [6.45, 7) is 1.51. The van der Waals surface area contributed by atoms with Crippen LogP contribution in [0.15, 0.2) is 41.6 Å². The minimum Gasteiger partial charge on any atom is -0.478 e. The molecule has 2 aromatic carbocycles. The number of rotatable bonds is 3. The standard InChI is InChI=1S/C18H11Cl3F3NO3/c1-8-4-9(2-3-13(8)16(26)27)14-15(21)17(28-25-14,18(22,23)24)10-5-11(19)7-12(20)6-10/h2-7,15H,1H3,(H,26,27). The number of oxime groups is 1. The van der Waals surface area contributed by atoms with Gasteiger partial charge in [0.05, 0.1) is 5.56 Å². The van der Waals surface area contributed by atoms with Gasteiger partial charge in [0.15, 0.2) is 0 Å². The first kappa shape index (κ1) is 20.8. The van der Waals surface area contributed by atoms with Gasteiger partial charge in [-0.2, -0.15) is 13.2 Å². The van der Waals surface area contributed by atoms with E-state index in [1.807, 2.05) is 0 Å². The zero-order valence-corrected chi connectivity index (χ0v) is 16.3. The van der Waals surface area contributed by atoms with E-state index in [0.29, 0.717) is 5.56 Å². The molecule has 0 fully saturated rings. The molecule has 0 saturated carbocycles. The molecule has 2 atom stereocenters. The Labute approximate surface area is 172 Å². The van der Waals surface area contributed by atoms with Crippen molar-refractivity contribution in [3.63, 3.8) is 0 Å². The molecule has 0 aliphatic carbocycles. The highest BCUT2D eigenvalue weighted by atomic mass is 35.5. The molecule has 1 N–H and O–H groups in total. The van der Waals surface area contributed by atoms with Gasteiger partial charge in [0.1, 0.15) is 11.1 Å². The van der Waals surface area contributed by atoms with Crippen LogP contribution in [0.3, 0.4) is 0 Å². The highest BCUT2D eigenvalue weighted by Crippen LogP contribution is 2.51. The molecule has 2 unspecified atom stereocenters. The second-order valence-electron chi connectivity index (χ2n) is 6.16. The molecule has 0 saturated heterocycles. The first-order valence-electron chi connectivity index (χ1n) is 7.75. The minimum atomic E-state index is -4.95. The average Bonchev–Trinajstić information content (AvgIpc) is 2.91. The minimum absolute atomic E-state index is 0.0121. The van der Waals surface area contributed by atoms with Gasteiger partial charge in [-0.05, 0) is 42.8 Å². The Hall–Kier alpha value is -1.96. The van der Waals surface area contributed by atoms with Crippen molar-refractivity contribution in [2.24, 2.45) is 5.16 Å². The van der Waals surface area contributed by atoms with Gasteiger partial charge in [-0.25, -0.2) is 4.79 Å². The molecule has 0 bridgehead atoms. The van der Waals surface area contributed by atoms with Gasteiger partial charge in [0.25, 0.3) is 5.60 Å². The fraction of sp³-hybridized carbons (Fsp3) is 0.222. The topological polar surface area (TPSA) is 58.9 Å². The van der Waals surface area contributed by atoms with Gasteiger partial charge < -0.3 is 9.94 Å². The monoisotopic (exact) mass is 451 g/mol. The first-order valence-corrected chi connectivity index (χ1v) is 8.94. The lowest BCUT2D eigenvalue weighted by atomic mass is 9.85. The maximum absolute atomic E-state index is 14.1. The lowest BCUT2D eigenvalue weighted by molar-refractivity contribution is -0.274. The molecule has 28 heavy (non-hydrogen) atoms. The smallest absolute Gasteiger partial charge is 0.437 e. The van der Waals surface area contributed by atoms with Crippen molar-refractivity contribution in [1.82, 2.24) is 0 Å². The van der Waals surface area contributed by atoms with Crippen LogP contribution in [-0.4, -0.2) is 28.3 Å². The van der Waals surface area contributed by atoms with Crippen LogP contribution in [0.2, 0.25) is 10.0 Å². The van der Waals surface area contributed by atoms with Crippen LogP contribution in [0.25, 0.3) is 0 Å². The van der Waals surface area contributed by atoms with E-state index >= 15 is 0 Å². The van der Waals surface area contributed by atoms with Crippen molar-refractivity contribution < 1.29 is 27.9 Å². The number of hydrogen-bond donors (Lipinski definition) is 1. The van der Waals surface area contributed by atoms with Crippen molar-refractivity contribution in [3.05, 3.63) is 68.7 Å². The number of halogens is 6. The van der Waals surface area contributed by atoms with Crippen LogP contribution in [0.1, 0.15) is 27.0 Å². The van der Waals surface area contributed by atoms with Crippen molar-refractivity contribution in [2.45, 2.75) is 24.1 Å². The summed E-state index contributed by atoms with van der Waals surface area (Å²) >= 11 is 18.0. The molecule has 10 heteroatoms. The molecule has 2 aromatic rings. The average molecular weight is 453 g/mol. The van der Waals surface area contributed by atoms with Crippen molar-refractivity contribution in [3.8, 4) is 0 Å². The summed E-state index contributed by atoms with van der Waals surface area (Å²) < 4.78 is 42.3. The number of nitrogens with zero attached hydrogens (tertiary/aromatic N) is 1. The molecule has 148 valence electrons. The molecule has 0 radical (unpaired) electrons. The van der Waals surface area contributed by atoms with Gasteiger partial charge in [-0.15, -0.1) is 11.6 Å². The molecule has 1 aliphatic heterocycles. The van der Waals surface area contributed by atoms with Crippen LogP contribution in [0.4, 0.5) is 13.2 Å². The number of carbonyl (C=O) groups is 1. The molecule has 3 rings (SSSR count). The Bertz CT molecular complexity index is 974. The molecular formula is C18H11Cl3F3NO3. The third-order valence-electron chi connectivity index (χ3n) is 4.35. The third kappa shape index (κ3) is 3.32. The number of alkyl halides is 4. The molecule has 1 aliphatic rings. The molecule has 0 spiro atoms. The van der Waals surface area contributed by atoms with Crippen LogP contribution in [0, 0.1) is 6.92 Å². The van der Waals surface area contributed by atoms with E-state index in [-0.39, 0.29) is 26.9 Å². The highest BCUT2D eigenvalue weighted by Gasteiger charge is 2.68. The van der Waals surface area contributed by atoms with Crippen molar-refractivity contribution in [1.29, 1.82) is 0 Å². The number of carboxylic acids is 1. The molecule has 1 heterocycles. The van der Waals surface area contributed by atoms with Crippen LogP contribution in [-0.2, 0) is 10.4 Å². The molecule has 4 nitrogen and oxygen atoms in total. The summed E-state index contributed by atoms with van der Waals surface area (Å²) in [5, 5.41) is 10.9. The predicted molar refractivity (Wildman–Crippen MR) is 99.6 cm³/mol. The maximum atomic E-state index is 14.1. The zero-order chi connectivity index (χ0) is 20.9. The Kier molecular flexibility index (Phi) is 5.29. The van der Waals surface area contributed by atoms with Crippen molar-refractivity contribution >= 4 is 46.5 Å². The van der Waals surface area contributed by atoms with E-state index in [2.05, 4.69) is 5.16 Å². The maximum Gasteiger partial charge on any atom is 0.437 e. The summed E-state index contributed by atoms with van der Waals surface area (Å²) in [7, 11) is 0.